The van der Waals surface area contributed by atoms with Gasteiger partial charge in [0.1, 0.15) is 5.60 Å². The predicted octanol–water partition coefficient (Wildman–Crippen LogP) is 6.12. The number of hydrogen-bond acceptors (Lipinski definition) is 6. The summed E-state index contributed by atoms with van der Waals surface area (Å²) in [5.41, 5.74) is 4.84. The standard InChI is InChI=1S/C28H35ClN2O5S/c1-28(2,3)36-27(32)31-14-11-19(12-15-31)25-23-10-9-22(29)18-24(23)20(8-6-16-35-37(4,33)34)17-21-7-5-13-30-26(21)25/h5,7,9-10,13,17-19,25H,6,8,11-12,14-16H2,1-4H3. The van der Waals surface area contributed by atoms with Crippen molar-refractivity contribution >= 4 is 39.5 Å². The molecule has 1 saturated heterocycles. The van der Waals surface area contributed by atoms with Crippen molar-refractivity contribution in [1.82, 2.24) is 9.88 Å². The molecular formula is C28H35ClN2O5S. The molecule has 1 fully saturated rings. The maximum Gasteiger partial charge on any atom is 0.410 e. The Balaban J connectivity index is 1.62. The lowest BCUT2D eigenvalue weighted by atomic mass is 9.76. The van der Waals surface area contributed by atoms with Gasteiger partial charge in [-0.05, 0) is 98.9 Å². The van der Waals surface area contributed by atoms with Crippen molar-refractivity contribution < 1.29 is 22.1 Å². The lowest BCUT2D eigenvalue weighted by molar-refractivity contribution is 0.0178. The molecule has 4 rings (SSSR count). The number of halogens is 1. The number of piperidine rings is 1. The lowest BCUT2D eigenvalue weighted by Crippen LogP contribution is -2.42. The summed E-state index contributed by atoms with van der Waals surface area (Å²) in [4.78, 5) is 19.3. The van der Waals surface area contributed by atoms with E-state index in [1.165, 1.54) is 0 Å². The van der Waals surface area contributed by atoms with E-state index in [2.05, 4.69) is 18.2 Å². The lowest BCUT2D eigenvalue weighted by Gasteiger charge is -2.37. The molecule has 9 heteroatoms. The molecule has 1 amide bonds. The number of benzene rings is 1. The number of rotatable bonds is 6. The van der Waals surface area contributed by atoms with E-state index in [4.69, 9.17) is 25.5 Å². The normalized spacial score (nSPS) is 18.5. The number of aromatic nitrogens is 1. The van der Waals surface area contributed by atoms with Crippen LogP contribution in [0.1, 0.15) is 74.8 Å². The number of hydrogen-bond donors (Lipinski definition) is 0. The van der Waals surface area contributed by atoms with E-state index in [0.29, 0.717) is 31.0 Å². The minimum absolute atomic E-state index is 0.0465. The van der Waals surface area contributed by atoms with E-state index in [0.717, 1.165) is 47.1 Å². The first-order chi connectivity index (χ1) is 17.4. The second kappa shape index (κ2) is 11.1. The van der Waals surface area contributed by atoms with Crippen molar-refractivity contribution in [2.45, 2.75) is 58.0 Å². The van der Waals surface area contributed by atoms with Gasteiger partial charge in [0.15, 0.2) is 0 Å². The Morgan fingerprint density at radius 3 is 2.59 bits per heavy atom. The molecule has 1 aliphatic heterocycles. The number of likely N-dealkylation sites (tertiary alicyclic amines) is 1. The second-order valence-electron chi connectivity index (χ2n) is 10.8. The minimum Gasteiger partial charge on any atom is -0.444 e. The maximum atomic E-state index is 12.6. The summed E-state index contributed by atoms with van der Waals surface area (Å²) >= 11 is 6.46. The topological polar surface area (TPSA) is 85.8 Å². The highest BCUT2D eigenvalue weighted by molar-refractivity contribution is 7.85. The van der Waals surface area contributed by atoms with Gasteiger partial charge < -0.3 is 9.64 Å². The fourth-order valence-corrected chi connectivity index (χ4v) is 5.79. The van der Waals surface area contributed by atoms with Gasteiger partial charge in [0.2, 0.25) is 0 Å². The molecule has 200 valence electrons. The average molecular weight is 547 g/mol. The Kier molecular flexibility index (Phi) is 8.31. The molecule has 0 bridgehead atoms. The van der Waals surface area contributed by atoms with Gasteiger partial charge in [-0.15, -0.1) is 0 Å². The predicted molar refractivity (Wildman–Crippen MR) is 146 cm³/mol. The Hall–Kier alpha value is -2.42. The number of carbonyl (C=O) groups excluding carboxylic acids is 1. The van der Waals surface area contributed by atoms with Crippen LogP contribution < -0.4 is 0 Å². The Morgan fingerprint density at radius 2 is 1.92 bits per heavy atom. The zero-order valence-corrected chi connectivity index (χ0v) is 23.4. The van der Waals surface area contributed by atoms with Crippen molar-refractivity contribution in [2.24, 2.45) is 5.92 Å². The number of carbonyl (C=O) groups is 1. The van der Waals surface area contributed by atoms with E-state index >= 15 is 0 Å². The van der Waals surface area contributed by atoms with E-state index in [-0.39, 0.29) is 24.5 Å². The SMILES string of the molecule is CC(C)(C)OC(=O)N1CCC(C2c3ccc(Cl)cc3C(CCCOS(C)(=O)=O)=Cc3cccnc32)CC1. The fourth-order valence-electron chi connectivity index (χ4n) is 5.20. The van der Waals surface area contributed by atoms with Crippen LogP contribution in [0.4, 0.5) is 4.79 Å². The van der Waals surface area contributed by atoms with Crippen LogP contribution in [0, 0.1) is 5.92 Å². The van der Waals surface area contributed by atoms with Crippen molar-refractivity contribution in [2.75, 3.05) is 26.0 Å². The van der Waals surface area contributed by atoms with Crippen LogP contribution in [-0.4, -0.2) is 55.9 Å². The summed E-state index contributed by atoms with van der Waals surface area (Å²) in [6.07, 6.45) is 7.63. The van der Waals surface area contributed by atoms with E-state index in [1.807, 2.05) is 45.2 Å². The molecule has 1 atom stereocenters. The molecule has 2 aromatic rings. The van der Waals surface area contributed by atoms with Crippen molar-refractivity contribution in [1.29, 1.82) is 0 Å². The Labute approximate surface area is 224 Å². The molecule has 1 aliphatic carbocycles. The first kappa shape index (κ1) is 27.6. The summed E-state index contributed by atoms with van der Waals surface area (Å²) in [6.45, 7) is 7.02. The molecule has 0 N–H and O–H groups in total. The molecule has 2 heterocycles. The van der Waals surface area contributed by atoms with Gasteiger partial charge in [0, 0.05) is 30.2 Å². The minimum atomic E-state index is -3.48. The van der Waals surface area contributed by atoms with Gasteiger partial charge in [-0.1, -0.05) is 23.7 Å². The zero-order valence-electron chi connectivity index (χ0n) is 21.9. The molecule has 1 aromatic carbocycles. The van der Waals surface area contributed by atoms with Gasteiger partial charge in [-0.2, -0.15) is 8.42 Å². The molecule has 1 aromatic heterocycles. The summed E-state index contributed by atoms with van der Waals surface area (Å²) < 4.78 is 33.4. The van der Waals surface area contributed by atoms with Gasteiger partial charge in [-0.25, -0.2) is 4.79 Å². The molecule has 2 aliphatic rings. The van der Waals surface area contributed by atoms with Gasteiger partial charge in [0.25, 0.3) is 10.1 Å². The molecule has 7 nitrogen and oxygen atoms in total. The zero-order chi connectivity index (χ0) is 26.8. The first-order valence-corrected chi connectivity index (χ1v) is 14.9. The van der Waals surface area contributed by atoms with Crippen molar-refractivity contribution in [3.63, 3.8) is 0 Å². The monoisotopic (exact) mass is 546 g/mol. The number of amides is 1. The highest BCUT2D eigenvalue weighted by atomic mass is 35.5. The second-order valence-corrected chi connectivity index (χ2v) is 12.9. The Bertz CT molecular complexity index is 1280. The van der Waals surface area contributed by atoms with Crippen LogP contribution in [0.3, 0.4) is 0 Å². The van der Waals surface area contributed by atoms with Gasteiger partial charge in [-0.3, -0.25) is 9.17 Å². The molecule has 0 spiro atoms. The summed E-state index contributed by atoms with van der Waals surface area (Å²) in [5.74, 6) is 0.332. The third kappa shape index (κ3) is 7.12. The molecular weight excluding hydrogens is 512 g/mol. The summed E-state index contributed by atoms with van der Waals surface area (Å²) in [5, 5.41) is 0.648. The fraction of sp³-hybridized carbons (Fsp3) is 0.500. The Morgan fingerprint density at radius 1 is 1.19 bits per heavy atom. The summed E-state index contributed by atoms with van der Waals surface area (Å²) in [7, 11) is -3.48. The quantitative estimate of drug-likeness (QED) is 0.320. The first-order valence-electron chi connectivity index (χ1n) is 12.7. The highest BCUT2D eigenvalue weighted by Gasteiger charge is 2.36. The maximum absolute atomic E-state index is 12.6. The molecule has 0 radical (unpaired) electrons. The van der Waals surface area contributed by atoms with Crippen LogP contribution in [0.5, 0.6) is 0 Å². The van der Waals surface area contributed by atoms with Crippen LogP contribution in [0.25, 0.3) is 11.6 Å². The van der Waals surface area contributed by atoms with E-state index in [9.17, 15) is 13.2 Å². The van der Waals surface area contributed by atoms with Crippen LogP contribution in [0.15, 0.2) is 36.5 Å². The van der Waals surface area contributed by atoms with Crippen LogP contribution in [0.2, 0.25) is 5.02 Å². The van der Waals surface area contributed by atoms with E-state index in [1.54, 1.807) is 4.90 Å². The smallest absolute Gasteiger partial charge is 0.410 e. The number of ether oxygens (including phenoxy) is 1. The number of fused-ring (bicyclic) bond motifs is 2. The largest absolute Gasteiger partial charge is 0.444 e. The van der Waals surface area contributed by atoms with Gasteiger partial charge in [0.05, 0.1) is 18.6 Å². The highest BCUT2D eigenvalue weighted by Crippen LogP contribution is 2.45. The number of allylic oxidation sites excluding steroid dienone is 1. The van der Waals surface area contributed by atoms with Crippen LogP contribution in [-0.2, 0) is 19.0 Å². The number of nitrogens with zero attached hydrogens (tertiary/aromatic N) is 2. The van der Waals surface area contributed by atoms with Crippen molar-refractivity contribution in [3.8, 4) is 0 Å². The van der Waals surface area contributed by atoms with Crippen molar-refractivity contribution in [3.05, 3.63) is 63.9 Å². The third-order valence-electron chi connectivity index (χ3n) is 6.74. The third-order valence-corrected chi connectivity index (χ3v) is 7.57. The number of pyridine rings is 1. The average Bonchev–Trinajstić information content (AvgIpc) is 2.94. The molecule has 37 heavy (non-hydrogen) atoms. The summed E-state index contributed by atoms with van der Waals surface area (Å²) in [6, 6.07) is 10.0. The van der Waals surface area contributed by atoms with E-state index < -0.39 is 15.7 Å². The molecule has 0 saturated carbocycles. The van der Waals surface area contributed by atoms with Gasteiger partial charge >= 0.3 is 6.09 Å². The van der Waals surface area contributed by atoms with Crippen LogP contribution >= 0.6 is 11.6 Å². The molecule has 1 unspecified atom stereocenters.